The van der Waals surface area contributed by atoms with E-state index in [1.165, 1.54) is 0 Å². The fourth-order valence-corrected chi connectivity index (χ4v) is 3.47. The largest absolute Gasteiger partial charge is 0.441 e. The van der Waals surface area contributed by atoms with Gasteiger partial charge in [-0.2, -0.15) is 0 Å². The first kappa shape index (κ1) is 18.2. The summed E-state index contributed by atoms with van der Waals surface area (Å²) in [5.74, 6) is 2.54. The van der Waals surface area contributed by atoms with Gasteiger partial charge >= 0.3 is 0 Å². The minimum Gasteiger partial charge on any atom is -0.441 e. The van der Waals surface area contributed by atoms with E-state index in [2.05, 4.69) is 14.9 Å². The number of piperazine rings is 1. The number of benzene rings is 1. The molecule has 1 aliphatic rings. The van der Waals surface area contributed by atoms with Crippen LogP contribution < -0.4 is 4.90 Å². The Morgan fingerprint density at radius 1 is 1.04 bits per heavy atom. The van der Waals surface area contributed by atoms with Crippen LogP contribution >= 0.6 is 0 Å². The van der Waals surface area contributed by atoms with Gasteiger partial charge in [-0.05, 0) is 31.2 Å². The van der Waals surface area contributed by atoms with Crippen LogP contribution in [0.25, 0.3) is 11.5 Å². The molecule has 1 amide bonds. The van der Waals surface area contributed by atoms with Crippen molar-refractivity contribution in [2.45, 2.75) is 19.8 Å². The monoisotopic (exact) mass is 376 g/mol. The first-order valence-electron chi connectivity index (χ1n) is 9.66. The Balaban J connectivity index is 1.31. The molecule has 0 atom stereocenters. The number of carbonyl (C=O) groups excluding carboxylic acids is 1. The highest BCUT2D eigenvalue weighted by atomic mass is 16.4. The van der Waals surface area contributed by atoms with Crippen LogP contribution in [0.5, 0.6) is 0 Å². The molecule has 0 spiro atoms. The van der Waals surface area contributed by atoms with Crippen LogP contribution in [0.15, 0.2) is 59.1 Å². The lowest BCUT2D eigenvalue weighted by atomic mass is 10.2. The van der Waals surface area contributed by atoms with Crippen molar-refractivity contribution < 1.29 is 9.21 Å². The van der Waals surface area contributed by atoms with Gasteiger partial charge in [0, 0.05) is 50.8 Å². The second-order valence-electron chi connectivity index (χ2n) is 6.94. The van der Waals surface area contributed by atoms with Crippen LogP contribution in [0.3, 0.4) is 0 Å². The summed E-state index contributed by atoms with van der Waals surface area (Å²) in [6.07, 6.45) is 2.85. The third-order valence-corrected chi connectivity index (χ3v) is 5.09. The Labute approximate surface area is 164 Å². The topological polar surface area (TPSA) is 62.5 Å². The summed E-state index contributed by atoms with van der Waals surface area (Å²) in [4.78, 5) is 25.8. The van der Waals surface area contributed by atoms with Crippen LogP contribution in [0.1, 0.15) is 17.9 Å². The number of pyridine rings is 1. The lowest BCUT2D eigenvalue weighted by Crippen LogP contribution is -2.49. The van der Waals surface area contributed by atoms with Gasteiger partial charge in [-0.25, -0.2) is 9.97 Å². The zero-order valence-electron chi connectivity index (χ0n) is 16.0. The van der Waals surface area contributed by atoms with E-state index in [-0.39, 0.29) is 5.91 Å². The van der Waals surface area contributed by atoms with Gasteiger partial charge in [0.05, 0.1) is 5.69 Å². The Bertz CT molecular complexity index is 916. The number of hydrogen-bond acceptors (Lipinski definition) is 5. The molecule has 4 rings (SSSR count). The lowest BCUT2D eigenvalue weighted by Gasteiger charge is -2.35. The average Bonchev–Trinajstić information content (AvgIpc) is 3.14. The molecule has 0 radical (unpaired) electrons. The van der Waals surface area contributed by atoms with Gasteiger partial charge in [-0.3, -0.25) is 4.79 Å². The minimum atomic E-state index is 0.171. The number of hydrogen-bond donors (Lipinski definition) is 0. The van der Waals surface area contributed by atoms with Crippen molar-refractivity contribution in [3.63, 3.8) is 0 Å². The summed E-state index contributed by atoms with van der Waals surface area (Å²) in [6, 6.07) is 15.7. The normalized spacial score (nSPS) is 14.3. The minimum absolute atomic E-state index is 0.171. The third kappa shape index (κ3) is 4.06. The average molecular weight is 376 g/mol. The van der Waals surface area contributed by atoms with E-state index in [1.807, 2.05) is 60.4 Å². The zero-order valence-corrected chi connectivity index (χ0v) is 16.0. The van der Waals surface area contributed by atoms with Crippen molar-refractivity contribution in [1.29, 1.82) is 0 Å². The number of aromatic nitrogens is 2. The molecule has 0 bridgehead atoms. The summed E-state index contributed by atoms with van der Waals surface area (Å²) < 4.78 is 5.79. The first-order valence-corrected chi connectivity index (χ1v) is 9.66. The molecule has 1 aliphatic heterocycles. The van der Waals surface area contributed by atoms with Crippen LogP contribution in [-0.4, -0.2) is 47.0 Å². The smallest absolute Gasteiger partial charge is 0.226 e. The Kier molecular flexibility index (Phi) is 5.37. The van der Waals surface area contributed by atoms with Gasteiger partial charge in [0.2, 0.25) is 11.8 Å². The van der Waals surface area contributed by atoms with E-state index in [9.17, 15) is 4.79 Å². The third-order valence-electron chi connectivity index (χ3n) is 5.09. The Hall–Kier alpha value is -3.15. The number of rotatable bonds is 5. The molecule has 1 aromatic carbocycles. The maximum absolute atomic E-state index is 12.6. The number of aryl methyl sites for hydroxylation is 2. The molecule has 2 aromatic heterocycles. The van der Waals surface area contributed by atoms with Crippen molar-refractivity contribution in [2.24, 2.45) is 0 Å². The Morgan fingerprint density at radius 2 is 1.79 bits per heavy atom. The summed E-state index contributed by atoms with van der Waals surface area (Å²) >= 11 is 0. The van der Waals surface area contributed by atoms with Crippen molar-refractivity contribution in [3.8, 4) is 11.5 Å². The molecule has 6 heteroatoms. The highest BCUT2D eigenvalue weighted by molar-refractivity contribution is 5.76. The van der Waals surface area contributed by atoms with Crippen LogP contribution in [0, 0.1) is 6.92 Å². The molecule has 3 heterocycles. The molecule has 0 unspecified atom stereocenters. The van der Waals surface area contributed by atoms with Crippen LogP contribution in [-0.2, 0) is 11.2 Å². The second-order valence-corrected chi connectivity index (χ2v) is 6.94. The lowest BCUT2D eigenvalue weighted by molar-refractivity contribution is -0.131. The molecule has 144 valence electrons. The van der Waals surface area contributed by atoms with Gasteiger partial charge in [-0.1, -0.05) is 24.3 Å². The van der Waals surface area contributed by atoms with Gasteiger partial charge in [0.15, 0.2) is 0 Å². The number of carbonyl (C=O) groups is 1. The molecule has 28 heavy (non-hydrogen) atoms. The van der Waals surface area contributed by atoms with E-state index in [0.29, 0.717) is 18.7 Å². The van der Waals surface area contributed by atoms with E-state index >= 15 is 0 Å². The Morgan fingerprint density at radius 3 is 2.50 bits per heavy atom. The zero-order chi connectivity index (χ0) is 19.3. The first-order chi connectivity index (χ1) is 13.7. The molecule has 1 fully saturated rings. The summed E-state index contributed by atoms with van der Waals surface area (Å²) in [7, 11) is 0. The molecular weight excluding hydrogens is 352 g/mol. The summed E-state index contributed by atoms with van der Waals surface area (Å²) in [5, 5.41) is 0. The molecule has 0 N–H and O–H groups in total. The van der Waals surface area contributed by atoms with Gasteiger partial charge in [0.25, 0.3) is 0 Å². The fourth-order valence-electron chi connectivity index (χ4n) is 3.47. The molecule has 1 saturated heterocycles. The van der Waals surface area contributed by atoms with E-state index in [4.69, 9.17) is 4.42 Å². The maximum atomic E-state index is 12.6. The molecule has 3 aromatic rings. The highest BCUT2D eigenvalue weighted by Gasteiger charge is 2.22. The summed E-state index contributed by atoms with van der Waals surface area (Å²) in [6.45, 7) is 4.98. The number of oxazole rings is 1. The summed E-state index contributed by atoms with van der Waals surface area (Å²) in [5.41, 5.74) is 1.81. The van der Waals surface area contributed by atoms with Crippen molar-refractivity contribution >= 4 is 11.7 Å². The number of amides is 1. The quantitative estimate of drug-likeness (QED) is 0.684. The standard InChI is InChI=1S/C22H24N4O2/c1-17-19(24-22(28-17)18-7-3-2-4-8-18)10-11-21(27)26-15-13-25(14-16-26)20-9-5-6-12-23-20/h2-9,12H,10-11,13-16H2,1H3. The van der Waals surface area contributed by atoms with Gasteiger partial charge in [0.1, 0.15) is 11.6 Å². The maximum Gasteiger partial charge on any atom is 0.226 e. The fraction of sp³-hybridized carbons (Fsp3) is 0.318. The van der Waals surface area contributed by atoms with Crippen molar-refractivity contribution in [1.82, 2.24) is 14.9 Å². The molecular formula is C22H24N4O2. The highest BCUT2D eigenvalue weighted by Crippen LogP contribution is 2.22. The van der Waals surface area contributed by atoms with Gasteiger partial charge in [-0.15, -0.1) is 0 Å². The van der Waals surface area contributed by atoms with E-state index in [0.717, 1.165) is 49.0 Å². The predicted octanol–water partition coefficient (Wildman–Crippen LogP) is 3.33. The van der Waals surface area contributed by atoms with Crippen molar-refractivity contribution in [2.75, 3.05) is 31.1 Å². The second kappa shape index (κ2) is 8.25. The molecule has 0 aliphatic carbocycles. The predicted molar refractivity (Wildman–Crippen MR) is 108 cm³/mol. The SMILES string of the molecule is Cc1oc(-c2ccccc2)nc1CCC(=O)N1CCN(c2ccccn2)CC1. The number of nitrogens with zero attached hydrogens (tertiary/aromatic N) is 4. The molecule has 6 nitrogen and oxygen atoms in total. The van der Waals surface area contributed by atoms with Gasteiger partial charge < -0.3 is 14.2 Å². The van der Waals surface area contributed by atoms with Crippen molar-refractivity contribution in [3.05, 3.63) is 66.2 Å². The van der Waals surface area contributed by atoms with Crippen LogP contribution in [0.4, 0.5) is 5.82 Å². The van der Waals surface area contributed by atoms with Crippen LogP contribution in [0.2, 0.25) is 0 Å². The van der Waals surface area contributed by atoms with E-state index in [1.54, 1.807) is 6.20 Å². The number of anilines is 1. The van der Waals surface area contributed by atoms with E-state index < -0.39 is 0 Å². The molecule has 0 saturated carbocycles.